The van der Waals surface area contributed by atoms with Crippen LogP contribution < -0.4 is 5.32 Å². The molecule has 0 aromatic carbocycles. The summed E-state index contributed by atoms with van der Waals surface area (Å²) >= 11 is 0. The van der Waals surface area contributed by atoms with Crippen molar-refractivity contribution in [3.05, 3.63) is 0 Å². The van der Waals surface area contributed by atoms with E-state index >= 15 is 0 Å². The molecule has 0 bridgehead atoms. The zero-order valence-electron chi connectivity index (χ0n) is 13.2. The number of piperidine rings is 1. The number of rotatable bonds is 10. The van der Waals surface area contributed by atoms with E-state index in [0.717, 1.165) is 12.8 Å². The lowest BCUT2D eigenvalue weighted by Gasteiger charge is -2.32. The van der Waals surface area contributed by atoms with E-state index in [1.807, 2.05) is 0 Å². The van der Waals surface area contributed by atoms with Crippen LogP contribution in [-0.2, 0) is 0 Å². The van der Waals surface area contributed by atoms with E-state index in [4.69, 9.17) is 0 Å². The number of nitrogens with one attached hydrogen (secondary N) is 1. The van der Waals surface area contributed by atoms with Gasteiger partial charge in [0.2, 0.25) is 0 Å². The first kappa shape index (κ1) is 17.0. The smallest absolute Gasteiger partial charge is 0.0693 e. The number of aliphatic hydroxyl groups is 1. The van der Waals surface area contributed by atoms with Gasteiger partial charge in [0, 0.05) is 12.1 Å². The summed E-state index contributed by atoms with van der Waals surface area (Å²) in [5, 5.41) is 13.7. The Kier molecular flexibility index (Phi) is 9.54. The van der Waals surface area contributed by atoms with Gasteiger partial charge in [-0.05, 0) is 26.2 Å². The molecule has 19 heavy (non-hydrogen) atoms. The van der Waals surface area contributed by atoms with Crippen LogP contribution in [0.15, 0.2) is 0 Å². The number of aliphatic hydroxyl groups excluding tert-OH is 1. The fraction of sp³-hybridized carbons (Fsp3) is 1.00. The maximum absolute atomic E-state index is 10.2. The summed E-state index contributed by atoms with van der Waals surface area (Å²) in [6, 6.07) is 0.945. The largest absolute Gasteiger partial charge is 0.392 e. The summed E-state index contributed by atoms with van der Waals surface area (Å²) in [7, 11) is 0. The summed E-state index contributed by atoms with van der Waals surface area (Å²) in [6.07, 6.45) is 15.3. The third-order valence-electron chi connectivity index (χ3n) is 4.47. The molecule has 0 saturated carbocycles. The van der Waals surface area contributed by atoms with Crippen molar-refractivity contribution in [2.75, 3.05) is 0 Å². The van der Waals surface area contributed by atoms with Crippen molar-refractivity contribution in [2.24, 2.45) is 0 Å². The Bertz CT molecular complexity index is 207. The lowest BCUT2D eigenvalue weighted by atomic mass is 9.93. The van der Waals surface area contributed by atoms with Crippen LogP contribution in [0.25, 0.3) is 0 Å². The van der Waals surface area contributed by atoms with Crippen LogP contribution in [0.5, 0.6) is 0 Å². The molecule has 0 radical (unpaired) electrons. The van der Waals surface area contributed by atoms with Gasteiger partial charge in [0.1, 0.15) is 0 Å². The molecule has 2 nitrogen and oxygen atoms in total. The standard InChI is InChI=1S/C17H35NO/c1-3-4-5-6-7-8-9-10-14-17(19)16-13-11-12-15(2)18-16/h15-19H,3-14H2,1-2H3. The molecule has 1 aliphatic rings. The van der Waals surface area contributed by atoms with Gasteiger partial charge in [-0.1, -0.05) is 64.7 Å². The molecule has 1 heterocycles. The Morgan fingerprint density at radius 1 is 1.00 bits per heavy atom. The highest BCUT2D eigenvalue weighted by atomic mass is 16.3. The van der Waals surface area contributed by atoms with Crippen LogP contribution in [0.3, 0.4) is 0 Å². The summed E-state index contributed by atoms with van der Waals surface area (Å²) in [5.41, 5.74) is 0. The first-order valence-corrected chi connectivity index (χ1v) is 8.68. The van der Waals surface area contributed by atoms with Crippen molar-refractivity contribution in [3.63, 3.8) is 0 Å². The van der Waals surface area contributed by atoms with Crippen molar-refractivity contribution >= 4 is 0 Å². The molecular formula is C17H35NO. The molecule has 3 unspecified atom stereocenters. The minimum atomic E-state index is -0.122. The maximum Gasteiger partial charge on any atom is 0.0693 e. The van der Waals surface area contributed by atoms with Gasteiger partial charge in [-0.25, -0.2) is 0 Å². The Labute approximate surface area is 120 Å². The molecular weight excluding hydrogens is 234 g/mol. The van der Waals surface area contributed by atoms with E-state index in [1.165, 1.54) is 64.2 Å². The zero-order valence-corrected chi connectivity index (χ0v) is 13.2. The maximum atomic E-state index is 10.2. The zero-order chi connectivity index (χ0) is 13.9. The summed E-state index contributed by atoms with van der Waals surface area (Å²) in [4.78, 5) is 0. The highest BCUT2D eigenvalue weighted by molar-refractivity contribution is 4.83. The van der Waals surface area contributed by atoms with Crippen molar-refractivity contribution in [2.45, 2.75) is 109 Å². The van der Waals surface area contributed by atoms with Crippen LogP contribution in [-0.4, -0.2) is 23.3 Å². The van der Waals surface area contributed by atoms with E-state index < -0.39 is 0 Å². The Morgan fingerprint density at radius 3 is 2.26 bits per heavy atom. The van der Waals surface area contributed by atoms with Gasteiger partial charge >= 0.3 is 0 Å². The topological polar surface area (TPSA) is 32.3 Å². The van der Waals surface area contributed by atoms with Gasteiger partial charge in [-0.3, -0.25) is 0 Å². The second kappa shape index (κ2) is 10.7. The van der Waals surface area contributed by atoms with Crippen LogP contribution in [0.1, 0.15) is 90.9 Å². The van der Waals surface area contributed by atoms with Gasteiger partial charge in [0.25, 0.3) is 0 Å². The molecule has 0 aromatic rings. The second-order valence-corrected chi connectivity index (χ2v) is 6.44. The number of hydrogen-bond acceptors (Lipinski definition) is 2. The molecule has 0 aromatic heterocycles. The molecule has 1 aliphatic heterocycles. The second-order valence-electron chi connectivity index (χ2n) is 6.44. The average molecular weight is 269 g/mol. The monoisotopic (exact) mass is 269 g/mol. The van der Waals surface area contributed by atoms with Crippen molar-refractivity contribution in [3.8, 4) is 0 Å². The fourth-order valence-electron chi connectivity index (χ4n) is 3.17. The van der Waals surface area contributed by atoms with E-state index in [9.17, 15) is 5.11 Å². The van der Waals surface area contributed by atoms with Crippen molar-refractivity contribution in [1.82, 2.24) is 5.32 Å². The highest BCUT2D eigenvalue weighted by Crippen LogP contribution is 2.18. The van der Waals surface area contributed by atoms with Crippen LogP contribution in [0.2, 0.25) is 0 Å². The minimum absolute atomic E-state index is 0.122. The summed E-state index contributed by atoms with van der Waals surface area (Å²) < 4.78 is 0. The van der Waals surface area contributed by atoms with Crippen LogP contribution >= 0.6 is 0 Å². The lowest BCUT2D eigenvalue weighted by Crippen LogP contribution is -2.47. The molecule has 114 valence electrons. The van der Waals surface area contributed by atoms with Crippen LogP contribution in [0.4, 0.5) is 0 Å². The van der Waals surface area contributed by atoms with Crippen molar-refractivity contribution < 1.29 is 5.11 Å². The van der Waals surface area contributed by atoms with Gasteiger partial charge < -0.3 is 10.4 Å². The lowest BCUT2D eigenvalue weighted by molar-refractivity contribution is 0.0928. The van der Waals surface area contributed by atoms with E-state index in [1.54, 1.807) is 0 Å². The summed E-state index contributed by atoms with van der Waals surface area (Å²) in [6.45, 7) is 4.50. The molecule has 0 amide bonds. The predicted octanol–water partition coefficient (Wildman–Crippen LogP) is 4.41. The molecule has 2 heteroatoms. The first-order valence-electron chi connectivity index (χ1n) is 8.68. The normalized spacial score (nSPS) is 25.4. The minimum Gasteiger partial charge on any atom is -0.392 e. The van der Waals surface area contributed by atoms with Gasteiger partial charge in [-0.15, -0.1) is 0 Å². The quantitative estimate of drug-likeness (QED) is 0.576. The molecule has 2 N–H and O–H groups in total. The third-order valence-corrected chi connectivity index (χ3v) is 4.47. The summed E-state index contributed by atoms with van der Waals surface area (Å²) in [5.74, 6) is 0. The SMILES string of the molecule is CCCCCCCCCCC(O)C1CCCC(C)N1. The van der Waals surface area contributed by atoms with Gasteiger partial charge in [0.15, 0.2) is 0 Å². The highest BCUT2D eigenvalue weighted by Gasteiger charge is 2.23. The average Bonchev–Trinajstić information content (AvgIpc) is 2.41. The number of unbranched alkanes of at least 4 members (excludes halogenated alkanes) is 7. The molecule has 0 aliphatic carbocycles. The van der Waals surface area contributed by atoms with E-state index in [2.05, 4.69) is 19.2 Å². The number of hydrogen-bond donors (Lipinski definition) is 2. The Balaban J connectivity index is 1.93. The first-order chi connectivity index (χ1) is 9.24. The molecule has 3 atom stereocenters. The molecule has 0 spiro atoms. The van der Waals surface area contributed by atoms with E-state index in [0.29, 0.717) is 12.1 Å². The van der Waals surface area contributed by atoms with Gasteiger partial charge in [-0.2, -0.15) is 0 Å². The molecule has 1 saturated heterocycles. The Morgan fingerprint density at radius 2 is 1.63 bits per heavy atom. The Hall–Kier alpha value is -0.0800. The van der Waals surface area contributed by atoms with Gasteiger partial charge in [0.05, 0.1) is 6.10 Å². The molecule has 1 rings (SSSR count). The third kappa shape index (κ3) is 7.94. The molecule has 1 fully saturated rings. The van der Waals surface area contributed by atoms with E-state index in [-0.39, 0.29) is 6.10 Å². The predicted molar refractivity (Wildman–Crippen MR) is 83.5 cm³/mol. The van der Waals surface area contributed by atoms with Crippen LogP contribution in [0, 0.1) is 0 Å². The fourth-order valence-corrected chi connectivity index (χ4v) is 3.17. The van der Waals surface area contributed by atoms with Crippen molar-refractivity contribution in [1.29, 1.82) is 0 Å².